The number of nitrogens with zero attached hydrogens (tertiary/aromatic N) is 1. The van der Waals surface area contributed by atoms with Crippen molar-refractivity contribution in [1.29, 1.82) is 0 Å². The summed E-state index contributed by atoms with van der Waals surface area (Å²) in [6.45, 7) is 0. The number of rotatable bonds is 6. The van der Waals surface area contributed by atoms with Crippen LogP contribution in [0.4, 0.5) is 0 Å². The predicted molar refractivity (Wildman–Crippen MR) is 253 cm³/mol. The van der Waals surface area contributed by atoms with E-state index < -0.39 is 5.41 Å². The molecule has 2 aliphatic heterocycles. The molecule has 12 rings (SSSR count). The van der Waals surface area contributed by atoms with Crippen LogP contribution >= 0.6 is 0 Å². The summed E-state index contributed by atoms with van der Waals surface area (Å²) in [5.41, 5.74) is 18.7. The number of ether oxygens (including phenoxy) is 1. The molecular weight excluding hydrogens is 753 g/mol. The van der Waals surface area contributed by atoms with Crippen molar-refractivity contribution < 1.29 is 4.74 Å². The molecule has 3 aliphatic rings. The first kappa shape index (κ1) is 35.9. The van der Waals surface area contributed by atoms with Crippen molar-refractivity contribution in [3.8, 4) is 56.0 Å². The lowest BCUT2D eigenvalue weighted by Crippen LogP contribution is -2.32. The van der Waals surface area contributed by atoms with Crippen LogP contribution in [0.15, 0.2) is 236 Å². The van der Waals surface area contributed by atoms with Gasteiger partial charge in [0.05, 0.1) is 11.1 Å². The van der Waals surface area contributed by atoms with Gasteiger partial charge in [0, 0.05) is 33.5 Å². The SMILES string of the molecule is C1=C(c2ccccc2-c2cccc3c2Oc2ccccc2C32c3ccccc3-c3ccccc32)NC(c2cccc(-c3ccccc3)c2)N=C1c1cccc(-c2ccccc2)c1. The Labute approximate surface area is 362 Å². The maximum Gasteiger partial charge on any atom is 0.145 e. The van der Waals surface area contributed by atoms with Crippen LogP contribution in [0.25, 0.3) is 50.2 Å². The largest absolute Gasteiger partial charge is 0.456 e. The molecule has 1 N–H and O–H groups in total. The Bertz CT molecular complexity index is 3210. The van der Waals surface area contributed by atoms with Gasteiger partial charge in [-0.05, 0) is 79.9 Å². The fourth-order valence-electron chi connectivity index (χ4n) is 10.1. The molecule has 1 atom stereocenters. The van der Waals surface area contributed by atoms with Gasteiger partial charge in [0.2, 0.25) is 0 Å². The summed E-state index contributed by atoms with van der Waals surface area (Å²) >= 11 is 0. The maximum atomic E-state index is 7.15. The standard InChI is InChI=1S/C59H40N2O/c1-3-18-39(19-4-1)41-22-15-24-43(36-41)54-38-55(61-58(60-54)44-25-16-23-42(37-44)40-20-5-2-6-21-40)48-29-8-7-26-45(48)49-30-17-34-53-57(49)62-56-35-14-13-33-52(56)59(53)50-31-11-9-27-46(50)47-28-10-12-32-51(47)59/h1-38,58,61H. The zero-order valence-corrected chi connectivity index (χ0v) is 33.9. The van der Waals surface area contributed by atoms with Gasteiger partial charge in [-0.3, -0.25) is 4.99 Å². The molecule has 0 fully saturated rings. The molecule has 0 saturated heterocycles. The van der Waals surface area contributed by atoms with Gasteiger partial charge in [-0.2, -0.15) is 0 Å². The second kappa shape index (κ2) is 14.6. The molecule has 0 saturated carbocycles. The molecule has 0 bridgehead atoms. The molecule has 9 aromatic carbocycles. The van der Waals surface area contributed by atoms with Gasteiger partial charge >= 0.3 is 0 Å². The number of allylic oxidation sites excluding steroid dienone is 1. The van der Waals surface area contributed by atoms with E-state index >= 15 is 0 Å². The van der Waals surface area contributed by atoms with Crippen molar-refractivity contribution in [2.75, 3.05) is 0 Å². The monoisotopic (exact) mass is 792 g/mol. The molecule has 292 valence electrons. The van der Waals surface area contributed by atoms with Crippen LogP contribution in [0.5, 0.6) is 11.5 Å². The normalized spacial score (nSPS) is 15.2. The molecule has 1 aliphatic carbocycles. The summed E-state index contributed by atoms with van der Waals surface area (Å²) in [6.07, 6.45) is 1.88. The molecule has 3 nitrogen and oxygen atoms in total. The number of hydrogen-bond donors (Lipinski definition) is 1. The van der Waals surface area contributed by atoms with Crippen molar-refractivity contribution in [3.63, 3.8) is 0 Å². The number of fused-ring (bicyclic) bond motifs is 9. The number of hydrogen-bond acceptors (Lipinski definition) is 3. The Hall–Kier alpha value is -8.01. The Morgan fingerprint density at radius 1 is 0.387 bits per heavy atom. The second-order valence-electron chi connectivity index (χ2n) is 16.2. The Morgan fingerprint density at radius 2 is 0.887 bits per heavy atom. The van der Waals surface area contributed by atoms with Gasteiger partial charge in [-0.25, -0.2) is 0 Å². The minimum atomic E-state index is -0.552. The van der Waals surface area contributed by atoms with Gasteiger partial charge in [0.1, 0.15) is 17.7 Å². The summed E-state index contributed by atoms with van der Waals surface area (Å²) < 4.78 is 7.15. The van der Waals surface area contributed by atoms with E-state index in [2.05, 4.69) is 236 Å². The summed E-state index contributed by atoms with van der Waals surface area (Å²) in [5, 5.41) is 3.92. The topological polar surface area (TPSA) is 33.6 Å². The van der Waals surface area contributed by atoms with Crippen LogP contribution in [-0.2, 0) is 5.41 Å². The lowest BCUT2D eigenvalue weighted by Gasteiger charge is -2.40. The van der Waals surface area contributed by atoms with E-state index in [1.54, 1.807) is 0 Å². The van der Waals surface area contributed by atoms with Crippen LogP contribution < -0.4 is 10.1 Å². The summed E-state index contributed by atoms with van der Waals surface area (Å²) in [4.78, 5) is 5.46. The van der Waals surface area contributed by atoms with Crippen LogP contribution in [0.2, 0.25) is 0 Å². The molecule has 62 heavy (non-hydrogen) atoms. The summed E-state index contributed by atoms with van der Waals surface area (Å²) in [7, 11) is 0. The third-order valence-corrected chi connectivity index (χ3v) is 12.8. The van der Waals surface area contributed by atoms with Crippen molar-refractivity contribution in [3.05, 3.63) is 269 Å². The first-order chi connectivity index (χ1) is 30.7. The molecule has 1 spiro atoms. The molecule has 0 aromatic heterocycles. The van der Waals surface area contributed by atoms with Gasteiger partial charge in [-0.1, -0.05) is 206 Å². The lowest BCUT2D eigenvalue weighted by atomic mass is 9.65. The highest BCUT2D eigenvalue weighted by atomic mass is 16.5. The van der Waals surface area contributed by atoms with Gasteiger partial charge in [0.25, 0.3) is 0 Å². The molecular formula is C59H40N2O. The van der Waals surface area contributed by atoms with E-state index in [1.165, 1.54) is 33.4 Å². The van der Waals surface area contributed by atoms with Crippen LogP contribution in [0.1, 0.15) is 45.1 Å². The van der Waals surface area contributed by atoms with Crippen LogP contribution in [-0.4, -0.2) is 5.71 Å². The third-order valence-electron chi connectivity index (χ3n) is 12.8. The highest BCUT2D eigenvalue weighted by Crippen LogP contribution is 2.63. The quantitative estimate of drug-likeness (QED) is 0.182. The average molecular weight is 793 g/mol. The molecule has 3 heteroatoms. The Balaban J connectivity index is 1.04. The van der Waals surface area contributed by atoms with E-state index in [9.17, 15) is 0 Å². The van der Waals surface area contributed by atoms with E-state index in [-0.39, 0.29) is 6.17 Å². The van der Waals surface area contributed by atoms with Crippen molar-refractivity contribution in [1.82, 2.24) is 5.32 Å². The maximum absolute atomic E-state index is 7.15. The summed E-state index contributed by atoms with van der Waals surface area (Å²) in [5.74, 6) is 1.75. The molecule has 1 unspecified atom stereocenters. The third kappa shape index (κ3) is 5.70. The zero-order valence-electron chi connectivity index (χ0n) is 33.9. The Morgan fingerprint density at radius 3 is 1.60 bits per heavy atom. The van der Waals surface area contributed by atoms with E-state index in [0.29, 0.717) is 0 Å². The molecule has 0 radical (unpaired) electrons. The second-order valence-corrected chi connectivity index (χ2v) is 16.2. The van der Waals surface area contributed by atoms with Crippen molar-refractivity contribution in [2.24, 2.45) is 4.99 Å². The van der Waals surface area contributed by atoms with Crippen molar-refractivity contribution >= 4 is 11.4 Å². The van der Waals surface area contributed by atoms with Gasteiger partial charge in [0.15, 0.2) is 0 Å². The smallest absolute Gasteiger partial charge is 0.145 e. The van der Waals surface area contributed by atoms with E-state index in [0.717, 1.165) is 73.0 Å². The fraction of sp³-hybridized carbons (Fsp3) is 0.0339. The van der Waals surface area contributed by atoms with E-state index in [4.69, 9.17) is 9.73 Å². The zero-order chi connectivity index (χ0) is 41.0. The van der Waals surface area contributed by atoms with Gasteiger partial charge in [-0.15, -0.1) is 0 Å². The summed E-state index contributed by atoms with van der Waals surface area (Å²) in [6, 6.07) is 80.4. The number of nitrogens with one attached hydrogen (secondary N) is 1. The minimum Gasteiger partial charge on any atom is -0.456 e. The first-order valence-electron chi connectivity index (χ1n) is 21.3. The minimum absolute atomic E-state index is 0.343. The van der Waals surface area contributed by atoms with Crippen LogP contribution in [0, 0.1) is 0 Å². The van der Waals surface area contributed by atoms with Crippen molar-refractivity contribution in [2.45, 2.75) is 11.6 Å². The first-order valence-corrected chi connectivity index (χ1v) is 21.3. The molecule has 2 heterocycles. The highest BCUT2D eigenvalue weighted by Gasteiger charge is 2.51. The number of benzene rings is 9. The Kier molecular flexibility index (Phi) is 8.46. The fourth-order valence-corrected chi connectivity index (χ4v) is 10.1. The number of aliphatic imine (C=N–C) groups is 1. The molecule has 9 aromatic rings. The average Bonchev–Trinajstić information content (AvgIpc) is 3.65. The van der Waals surface area contributed by atoms with E-state index in [1.807, 2.05) is 0 Å². The van der Waals surface area contributed by atoms with Crippen LogP contribution in [0.3, 0.4) is 0 Å². The number of para-hydroxylation sites is 2. The molecule has 0 amide bonds. The highest BCUT2D eigenvalue weighted by molar-refractivity contribution is 6.14. The lowest BCUT2D eigenvalue weighted by molar-refractivity contribution is 0.438. The van der Waals surface area contributed by atoms with Gasteiger partial charge < -0.3 is 10.1 Å². The predicted octanol–water partition coefficient (Wildman–Crippen LogP) is 14.3.